The molecule has 3 nitrogen and oxygen atoms in total. The molecule has 1 N–H and O–H groups in total. The van der Waals surface area contributed by atoms with Gasteiger partial charge in [0.25, 0.3) is 0 Å². The highest BCUT2D eigenvalue weighted by Crippen LogP contribution is 2.29. The number of aliphatic hydroxyl groups is 1. The van der Waals surface area contributed by atoms with Crippen LogP contribution in [-0.2, 0) is 13.2 Å². The minimum absolute atomic E-state index is 0.0946. The Labute approximate surface area is 143 Å². The molecular weight excluding hydrogens is 296 g/mol. The molecule has 1 saturated heterocycles. The summed E-state index contributed by atoms with van der Waals surface area (Å²) in [7, 11) is 0. The van der Waals surface area contributed by atoms with Crippen LogP contribution in [0.4, 0.5) is 0 Å². The molecule has 124 valence electrons. The molecule has 3 aromatic rings. The van der Waals surface area contributed by atoms with Crippen molar-refractivity contribution >= 4 is 10.9 Å². The van der Waals surface area contributed by atoms with Crippen molar-refractivity contribution in [2.24, 2.45) is 0 Å². The lowest BCUT2D eigenvalue weighted by Crippen LogP contribution is -2.23. The van der Waals surface area contributed by atoms with Crippen molar-refractivity contribution in [3.05, 3.63) is 60.3 Å². The van der Waals surface area contributed by atoms with Crippen molar-refractivity contribution in [1.82, 2.24) is 9.47 Å². The molecule has 0 saturated carbocycles. The van der Waals surface area contributed by atoms with Gasteiger partial charge in [0, 0.05) is 30.2 Å². The topological polar surface area (TPSA) is 28.4 Å². The van der Waals surface area contributed by atoms with Crippen LogP contribution in [0.3, 0.4) is 0 Å². The van der Waals surface area contributed by atoms with Crippen LogP contribution >= 0.6 is 0 Å². The van der Waals surface area contributed by atoms with Crippen molar-refractivity contribution in [2.45, 2.75) is 26.0 Å². The number of fused-ring (bicyclic) bond motifs is 1. The molecule has 24 heavy (non-hydrogen) atoms. The Morgan fingerprint density at radius 1 is 0.875 bits per heavy atom. The zero-order valence-electron chi connectivity index (χ0n) is 14.0. The molecule has 0 unspecified atom stereocenters. The van der Waals surface area contributed by atoms with E-state index in [1.54, 1.807) is 0 Å². The molecule has 0 bridgehead atoms. The largest absolute Gasteiger partial charge is 0.392 e. The van der Waals surface area contributed by atoms with Gasteiger partial charge in [0.1, 0.15) is 0 Å². The number of rotatable bonds is 5. The molecule has 4 rings (SSSR count). The van der Waals surface area contributed by atoms with Crippen LogP contribution in [-0.4, -0.2) is 34.2 Å². The predicted octanol–water partition coefficient (Wildman–Crippen LogP) is 3.90. The summed E-state index contributed by atoms with van der Waals surface area (Å²) in [5.41, 5.74) is 4.72. The molecule has 3 heteroatoms. The summed E-state index contributed by atoms with van der Waals surface area (Å²) in [6, 6.07) is 17.0. The van der Waals surface area contributed by atoms with Crippen molar-refractivity contribution in [2.75, 3.05) is 19.6 Å². The van der Waals surface area contributed by atoms with Crippen molar-refractivity contribution in [1.29, 1.82) is 0 Å². The van der Waals surface area contributed by atoms with E-state index in [2.05, 4.69) is 52.1 Å². The third kappa shape index (κ3) is 2.97. The first kappa shape index (κ1) is 15.4. The highest BCUT2D eigenvalue weighted by Gasteiger charge is 2.12. The molecule has 2 aromatic carbocycles. The Kier molecular flexibility index (Phi) is 4.37. The standard InChI is InChI=1S/C21H24N2O/c24-16-17-6-8-18(9-7-17)19-4-3-5-21-20(19)10-13-23(21)15-14-22-11-1-2-12-22/h3-10,13,24H,1-2,11-12,14-16H2. The van der Waals surface area contributed by atoms with E-state index in [0.29, 0.717) is 0 Å². The van der Waals surface area contributed by atoms with E-state index in [1.165, 1.54) is 48.0 Å². The van der Waals surface area contributed by atoms with Crippen LogP contribution < -0.4 is 0 Å². The highest BCUT2D eigenvalue weighted by atomic mass is 16.3. The predicted molar refractivity (Wildman–Crippen MR) is 99.0 cm³/mol. The summed E-state index contributed by atoms with van der Waals surface area (Å²) in [5, 5.41) is 10.5. The number of likely N-dealkylation sites (tertiary alicyclic amines) is 1. The van der Waals surface area contributed by atoms with E-state index in [-0.39, 0.29) is 6.61 Å². The molecule has 0 aliphatic carbocycles. The lowest BCUT2D eigenvalue weighted by Gasteiger charge is -2.15. The summed E-state index contributed by atoms with van der Waals surface area (Å²) in [6.45, 7) is 4.79. The number of aromatic nitrogens is 1. The Bertz CT molecular complexity index is 813. The first-order valence-electron chi connectivity index (χ1n) is 8.85. The third-order valence-corrected chi connectivity index (χ3v) is 5.12. The van der Waals surface area contributed by atoms with Crippen LogP contribution in [0.25, 0.3) is 22.0 Å². The Morgan fingerprint density at radius 3 is 2.42 bits per heavy atom. The molecular formula is C21H24N2O. The fourth-order valence-electron chi connectivity index (χ4n) is 3.72. The molecule has 1 aliphatic rings. The van der Waals surface area contributed by atoms with Crippen molar-refractivity contribution < 1.29 is 5.11 Å². The van der Waals surface area contributed by atoms with E-state index in [9.17, 15) is 5.11 Å². The van der Waals surface area contributed by atoms with Gasteiger partial charge < -0.3 is 14.6 Å². The van der Waals surface area contributed by atoms with E-state index in [0.717, 1.165) is 18.7 Å². The molecule has 1 aliphatic heterocycles. The van der Waals surface area contributed by atoms with E-state index in [1.807, 2.05) is 12.1 Å². The number of benzene rings is 2. The Morgan fingerprint density at radius 2 is 1.67 bits per heavy atom. The average molecular weight is 320 g/mol. The van der Waals surface area contributed by atoms with Crippen LogP contribution in [0.1, 0.15) is 18.4 Å². The van der Waals surface area contributed by atoms with Crippen molar-refractivity contribution in [3.63, 3.8) is 0 Å². The maximum Gasteiger partial charge on any atom is 0.0681 e. The quantitative estimate of drug-likeness (QED) is 0.772. The Balaban J connectivity index is 1.62. The van der Waals surface area contributed by atoms with Crippen LogP contribution in [0.2, 0.25) is 0 Å². The van der Waals surface area contributed by atoms with E-state index < -0.39 is 0 Å². The maximum absolute atomic E-state index is 9.22. The van der Waals surface area contributed by atoms with Crippen LogP contribution in [0.15, 0.2) is 54.7 Å². The maximum atomic E-state index is 9.22. The van der Waals surface area contributed by atoms with E-state index >= 15 is 0 Å². The lowest BCUT2D eigenvalue weighted by atomic mass is 10.0. The van der Waals surface area contributed by atoms with Gasteiger partial charge in [0.2, 0.25) is 0 Å². The van der Waals surface area contributed by atoms with Gasteiger partial charge in [-0.15, -0.1) is 0 Å². The number of hydrogen-bond donors (Lipinski definition) is 1. The minimum atomic E-state index is 0.0946. The van der Waals surface area contributed by atoms with Gasteiger partial charge in [-0.3, -0.25) is 0 Å². The summed E-state index contributed by atoms with van der Waals surface area (Å²) in [6.07, 6.45) is 4.91. The normalized spacial score (nSPS) is 15.4. The fraction of sp³-hybridized carbons (Fsp3) is 0.333. The van der Waals surface area contributed by atoms with Gasteiger partial charge in [-0.1, -0.05) is 36.4 Å². The molecule has 0 radical (unpaired) electrons. The smallest absolute Gasteiger partial charge is 0.0681 e. The number of hydrogen-bond acceptors (Lipinski definition) is 2. The van der Waals surface area contributed by atoms with Gasteiger partial charge in [-0.25, -0.2) is 0 Å². The summed E-state index contributed by atoms with van der Waals surface area (Å²) in [4.78, 5) is 2.56. The van der Waals surface area contributed by atoms with Crippen LogP contribution in [0, 0.1) is 0 Å². The first-order valence-corrected chi connectivity index (χ1v) is 8.85. The Hall–Kier alpha value is -2.10. The highest BCUT2D eigenvalue weighted by molar-refractivity contribution is 5.95. The fourth-order valence-corrected chi connectivity index (χ4v) is 3.72. The van der Waals surface area contributed by atoms with Crippen LogP contribution in [0.5, 0.6) is 0 Å². The van der Waals surface area contributed by atoms with Gasteiger partial charge in [0.15, 0.2) is 0 Å². The average Bonchev–Trinajstić information content (AvgIpc) is 3.29. The molecule has 2 heterocycles. The number of nitrogens with zero attached hydrogens (tertiary/aromatic N) is 2. The monoisotopic (exact) mass is 320 g/mol. The lowest BCUT2D eigenvalue weighted by molar-refractivity contribution is 0.282. The van der Waals surface area contributed by atoms with Crippen molar-refractivity contribution in [3.8, 4) is 11.1 Å². The zero-order valence-corrected chi connectivity index (χ0v) is 14.0. The molecule has 0 atom stereocenters. The summed E-state index contributed by atoms with van der Waals surface area (Å²) >= 11 is 0. The number of aliphatic hydroxyl groups excluding tert-OH is 1. The second-order valence-electron chi connectivity index (χ2n) is 6.65. The first-order chi connectivity index (χ1) is 11.8. The van der Waals surface area contributed by atoms with Gasteiger partial charge in [0.05, 0.1) is 6.61 Å². The van der Waals surface area contributed by atoms with Gasteiger partial charge >= 0.3 is 0 Å². The minimum Gasteiger partial charge on any atom is -0.392 e. The van der Waals surface area contributed by atoms with E-state index in [4.69, 9.17) is 0 Å². The molecule has 0 spiro atoms. The third-order valence-electron chi connectivity index (χ3n) is 5.12. The SMILES string of the molecule is OCc1ccc(-c2cccc3c2ccn3CCN2CCCC2)cc1. The molecule has 0 amide bonds. The second-order valence-corrected chi connectivity index (χ2v) is 6.65. The summed E-state index contributed by atoms with van der Waals surface area (Å²) < 4.78 is 2.37. The molecule has 1 aromatic heterocycles. The van der Waals surface area contributed by atoms with Gasteiger partial charge in [-0.2, -0.15) is 0 Å². The second kappa shape index (κ2) is 6.80. The van der Waals surface area contributed by atoms with Gasteiger partial charge in [-0.05, 0) is 54.8 Å². The summed E-state index contributed by atoms with van der Waals surface area (Å²) in [5.74, 6) is 0. The molecule has 1 fully saturated rings. The zero-order chi connectivity index (χ0) is 16.4.